The smallest absolute Gasteiger partial charge is 0.407 e. The SMILES string of the molecule is COC(=O)N[C@H](C(=O)N[C@H]1CCC[C@@H]1CC[C@H]1CN[C@@H]2CCCS(=O)(=O)N1C2)C(c1ccc(F)cc1)C1C[C@@H](C)O[C@@H](C)C1. The fraction of sp³-hybridized carbons (Fsp3) is 0.750. The summed E-state index contributed by atoms with van der Waals surface area (Å²) in [5, 5.41) is 9.65. The number of methoxy groups -OCH3 is 1. The normalized spacial score (nSPS) is 34.7. The molecule has 2 amide bonds. The number of rotatable bonds is 9. The lowest BCUT2D eigenvalue weighted by Gasteiger charge is -2.40. The number of carbonyl (C=O) groups is 2. The molecule has 3 unspecified atom stereocenters. The van der Waals surface area contributed by atoms with Crippen molar-refractivity contribution in [2.24, 2.45) is 11.8 Å². The maximum absolute atomic E-state index is 14.2. The van der Waals surface area contributed by atoms with Crippen LogP contribution in [0.1, 0.15) is 83.1 Å². The molecule has 12 heteroatoms. The van der Waals surface area contributed by atoms with Crippen LogP contribution in [0, 0.1) is 17.7 Å². The van der Waals surface area contributed by atoms with E-state index in [-0.39, 0.29) is 59.6 Å². The number of benzene rings is 1. The predicted octanol–water partition coefficient (Wildman–Crippen LogP) is 3.67. The van der Waals surface area contributed by atoms with Crippen LogP contribution in [0.25, 0.3) is 0 Å². The predicted molar refractivity (Wildman–Crippen MR) is 165 cm³/mol. The largest absolute Gasteiger partial charge is 0.453 e. The highest BCUT2D eigenvalue weighted by molar-refractivity contribution is 7.89. The maximum atomic E-state index is 14.2. The van der Waals surface area contributed by atoms with Crippen LogP contribution in [-0.2, 0) is 24.3 Å². The van der Waals surface area contributed by atoms with E-state index in [2.05, 4.69) is 16.0 Å². The van der Waals surface area contributed by atoms with Crippen molar-refractivity contribution in [3.63, 3.8) is 0 Å². The summed E-state index contributed by atoms with van der Waals surface area (Å²) in [6.07, 6.45) is 6.49. The van der Waals surface area contributed by atoms with Gasteiger partial charge in [-0.05, 0) is 94.7 Å². The molecule has 0 radical (unpaired) electrons. The molecule has 44 heavy (non-hydrogen) atoms. The van der Waals surface area contributed by atoms with Crippen LogP contribution in [0.4, 0.5) is 9.18 Å². The molecule has 0 spiro atoms. The highest BCUT2D eigenvalue weighted by Gasteiger charge is 2.43. The third-order valence-corrected chi connectivity index (χ3v) is 12.2. The number of nitrogens with one attached hydrogen (secondary N) is 3. The molecule has 10 atom stereocenters. The Morgan fingerprint density at radius 1 is 1.09 bits per heavy atom. The highest BCUT2D eigenvalue weighted by atomic mass is 32.2. The number of carbonyl (C=O) groups excluding carboxylic acids is 2. The summed E-state index contributed by atoms with van der Waals surface area (Å²) in [5.41, 5.74) is 0.777. The van der Waals surface area contributed by atoms with Crippen molar-refractivity contribution in [1.29, 1.82) is 0 Å². The van der Waals surface area contributed by atoms with E-state index in [0.717, 1.165) is 44.1 Å². The Bertz CT molecular complexity index is 1240. The Kier molecular flexibility index (Phi) is 10.9. The summed E-state index contributed by atoms with van der Waals surface area (Å²) in [6.45, 7) is 5.21. The van der Waals surface area contributed by atoms with Gasteiger partial charge in [-0.15, -0.1) is 0 Å². The van der Waals surface area contributed by atoms with E-state index in [1.807, 2.05) is 13.8 Å². The summed E-state index contributed by atoms with van der Waals surface area (Å²) < 4.78 is 52.5. The summed E-state index contributed by atoms with van der Waals surface area (Å²) in [4.78, 5) is 26.8. The average molecular weight is 637 g/mol. The molecule has 0 aromatic heterocycles. The van der Waals surface area contributed by atoms with Gasteiger partial charge in [0.15, 0.2) is 0 Å². The molecule has 246 valence electrons. The molecular formula is C32H49FN4O6S. The lowest BCUT2D eigenvalue weighted by atomic mass is 9.74. The zero-order valence-corrected chi connectivity index (χ0v) is 27.0. The lowest BCUT2D eigenvalue weighted by molar-refractivity contribution is -0.126. The van der Waals surface area contributed by atoms with E-state index in [1.54, 1.807) is 16.4 Å². The molecule has 10 nitrogen and oxygen atoms in total. The van der Waals surface area contributed by atoms with E-state index >= 15 is 0 Å². The number of halogens is 1. The van der Waals surface area contributed by atoms with Gasteiger partial charge in [-0.2, -0.15) is 4.31 Å². The molecule has 3 N–H and O–H groups in total. The number of nitrogens with zero attached hydrogens (tertiary/aromatic N) is 1. The topological polar surface area (TPSA) is 126 Å². The molecule has 4 fully saturated rings. The molecule has 1 aromatic carbocycles. The van der Waals surface area contributed by atoms with Gasteiger partial charge < -0.3 is 25.4 Å². The minimum atomic E-state index is -3.26. The quantitative estimate of drug-likeness (QED) is 0.378. The molecule has 1 aliphatic carbocycles. The first-order valence-electron chi connectivity index (χ1n) is 16.3. The van der Waals surface area contributed by atoms with Gasteiger partial charge in [-0.25, -0.2) is 17.6 Å². The number of amides is 2. The number of fused-ring (bicyclic) bond motifs is 2. The Labute approximate surface area is 261 Å². The summed E-state index contributed by atoms with van der Waals surface area (Å²) >= 11 is 0. The Morgan fingerprint density at radius 2 is 1.82 bits per heavy atom. The van der Waals surface area contributed by atoms with Crippen molar-refractivity contribution in [2.45, 2.75) is 114 Å². The Morgan fingerprint density at radius 3 is 2.52 bits per heavy atom. The van der Waals surface area contributed by atoms with Gasteiger partial charge >= 0.3 is 6.09 Å². The number of hydrogen-bond acceptors (Lipinski definition) is 7. The first-order valence-corrected chi connectivity index (χ1v) is 17.9. The number of alkyl carbamates (subject to hydrolysis) is 1. The molecule has 2 bridgehead atoms. The molecule has 1 aromatic rings. The summed E-state index contributed by atoms with van der Waals surface area (Å²) in [5.74, 6) is -0.655. The van der Waals surface area contributed by atoms with E-state index in [1.165, 1.54) is 19.2 Å². The van der Waals surface area contributed by atoms with Crippen molar-refractivity contribution in [1.82, 2.24) is 20.3 Å². The lowest BCUT2D eigenvalue weighted by Crippen LogP contribution is -2.57. The second-order valence-corrected chi connectivity index (χ2v) is 15.4. The van der Waals surface area contributed by atoms with Crippen molar-refractivity contribution in [2.75, 3.05) is 26.0 Å². The fourth-order valence-electron chi connectivity index (χ4n) is 8.17. The third kappa shape index (κ3) is 7.92. The second-order valence-electron chi connectivity index (χ2n) is 13.4. The van der Waals surface area contributed by atoms with Crippen LogP contribution in [0.15, 0.2) is 24.3 Å². The van der Waals surface area contributed by atoms with Crippen LogP contribution in [0.2, 0.25) is 0 Å². The zero-order chi connectivity index (χ0) is 31.4. The highest BCUT2D eigenvalue weighted by Crippen LogP contribution is 2.39. The summed E-state index contributed by atoms with van der Waals surface area (Å²) in [6, 6.07) is 5.29. The number of sulfonamides is 1. The zero-order valence-electron chi connectivity index (χ0n) is 26.2. The molecule has 3 saturated heterocycles. The number of hydrogen-bond donors (Lipinski definition) is 3. The van der Waals surface area contributed by atoms with Gasteiger partial charge in [0.2, 0.25) is 15.9 Å². The van der Waals surface area contributed by atoms with Crippen LogP contribution in [0.3, 0.4) is 0 Å². The average Bonchev–Trinajstić information content (AvgIpc) is 3.38. The maximum Gasteiger partial charge on any atom is 0.407 e. The molecule has 1 saturated carbocycles. The second kappa shape index (κ2) is 14.4. The molecule has 3 aliphatic heterocycles. The minimum absolute atomic E-state index is 0.00435. The van der Waals surface area contributed by atoms with E-state index in [9.17, 15) is 22.4 Å². The molecule has 4 aliphatic rings. The standard InChI is InChI=1S/C32H49FN4O6S/c1-20-16-24(17-21(2)43-20)29(23-9-12-25(33)13-10-23)30(36-32(39)42-3)31(38)35-28-8-4-6-22(28)11-14-27-18-34-26-7-5-15-44(40,41)37(27)19-26/h9-10,12-13,20-22,24,26-30,34H,4-8,11,14-19H2,1-3H3,(H,35,38)(H,36,39)/t20-,21+,22-,24?,26-,27+,28+,29?,30+/m1/s1. The Hall–Kier alpha value is -2.28. The van der Waals surface area contributed by atoms with Gasteiger partial charge in [0.05, 0.1) is 25.1 Å². The van der Waals surface area contributed by atoms with Crippen LogP contribution >= 0.6 is 0 Å². The van der Waals surface area contributed by atoms with Crippen molar-refractivity contribution in [3.05, 3.63) is 35.6 Å². The van der Waals surface area contributed by atoms with Crippen molar-refractivity contribution < 1.29 is 31.9 Å². The van der Waals surface area contributed by atoms with Gasteiger partial charge in [0, 0.05) is 37.1 Å². The molecule has 3 heterocycles. The number of ether oxygens (including phenoxy) is 2. The first-order chi connectivity index (χ1) is 21.0. The number of piperazine rings is 1. The van der Waals surface area contributed by atoms with E-state index in [4.69, 9.17) is 9.47 Å². The molecule has 5 rings (SSSR count). The van der Waals surface area contributed by atoms with E-state index < -0.39 is 28.1 Å². The minimum Gasteiger partial charge on any atom is -0.453 e. The third-order valence-electron chi connectivity index (χ3n) is 10.2. The van der Waals surface area contributed by atoms with Gasteiger partial charge in [-0.3, -0.25) is 4.79 Å². The van der Waals surface area contributed by atoms with Crippen molar-refractivity contribution >= 4 is 22.0 Å². The Balaban J connectivity index is 1.32. The molecular weight excluding hydrogens is 587 g/mol. The summed E-state index contributed by atoms with van der Waals surface area (Å²) in [7, 11) is -1.99. The van der Waals surface area contributed by atoms with Crippen LogP contribution in [-0.4, -0.2) is 87.1 Å². The van der Waals surface area contributed by atoms with Crippen molar-refractivity contribution in [3.8, 4) is 0 Å². The first kappa shape index (κ1) is 33.1. The van der Waals surface area contributed by atoms with Crippen LogP contribution < -0.4 is 16.0 Å². The van der Waals surface area contributed by atoms with Gasteiger partial charge in [0.1, 0.15) is 11.9 Å². The van der Waals surface area contributed by atoms with Crippen LogP contribution in [0.5, 0.6) is 0 Å². The van der Waals surface area contributed by atoms with Gasteiger partial charge in [-0.1, -0.05) is 18.6 Å². The monoisotopic (exact) mass is 636 g/mol. The van der Waals surface area contributed by atoms with Gasteiger partial charge in [0.25, 0.3) is 0 Å². The fourth-order valence-corrected chi connectivity index (χ4v) is 9.98. The van der Waals surface area contributed by atoms with E-state index in [0.29, 0.717) is 32.4 Å².